The molecule has 0 bridgehead atoms. The lowest BCUT2D eigenvalue weighted by Crippen LogP contribution is -1.95. The van der Waals surface area contributed by atoms with Crippen LogP contribution in [0.15, 0.2) is 48.0 Å². The molecule has 0 amide bonds. The predicted molar refractivity (Wildman–Crippen MR) is 89.5 cm³/mol. The largest absolute Gasteiger partial charge is 0.496 e. The van der Waals surface area contributed by atoms with Gasteiger partial charge in [0.25, 0.3) is 0 Å². The van der Waals surface area contributed by atoms with Crippen molar-refractivity contribution >= 4 is 33.0 Å². The first-order valence-electron chi connectivity index (χ1n) is 6.95. The number of carbonyl (C=O) groups is 1. The summed E-state index contributed by atoms with van der Waals surface area (Å²) in [5.74, 6) is -0.286. The number of hydrogen-bond donors (Lipinski definition) is 1. The molecule has 0 atom stereocenters. The molecule has 1 N–H and O–H groups in total. The van der Waals surface area contributed by atoms with Gasteiger partial charge in [-0.2, -0.15) is 0 Å². The molecule has 2 aromatic carbocycles. The van der Waals surface area contributed by atoms with Crippen LogP contribution in [0, 0.1) is 0 Å². The molecule has 2 heterocycles. The van der Waals surface area contributed by atoms with Gasteiger partial charge in [0, 0.05) is 17.1 Å². The number of ether oxygens (including phenoxy) is 1. The summed E-state index contributed by atoms with van der Waals surface area (Å²) in [6.45, 7) is 0. The van der Waals surface area contributed by atoms with Crippen molar-refractivity contribution < 1.29 is 14.6 Å². The third-order valence-corrected chi connectivity index (χ3v) is 4.63. The van der Waals surface area contributed by atoms with Crippen LogP contribution in [0.4, 0.5) is 0 Å². The third kappa shape index (κ3) is 2.07. The number of hydrogen-bond acceptors (Lipinski definition) is 4. The maximum absolute atomic E-state index is 11.2. The molecule has 5 nitrogen and oxygen atoms in total. The fraction of sp³-hybridized carbons (Fsp3) is 0.0588. The second-order valence-corrected chi connectivity index (χ2v) is 5.91. The Morgan fingerprint density at radius 2 is 2.09 bits per heavy atom. The van der Waals surface area contributed by atoms with Crippen LogP contribution in [0.2, 0.25) is 0 Å². The number of thiazole rings is 1. The van der Waals surface area contributed by atoms with Gasteiger partial charge in [-0.15, -0.1) is 11.3 Å². The minimum Gasteiger partial charge on any atom is -0.496 e. The summed E-state index contributed by atoms with van der Waals surface area (Å²) in [4.78, 5) is 15.9. The number of imidazole rings is 1. The highest BCUT2D eigenvalue weighted by atomic mass is 32.1. The second kappa shape index (κ2) is 5.10. The molecule has 4 rings (SSSR count). The molecular formula is C17H12N2O3S. The lowest BCUT2D eigenvalue weighted by atomic mass is 10.0. The Bertz CT molecular complexity index is 1050. The van der Waals surface area contributed by atoms with Crippen molar-refractivity contribution in [3.8, 4) is 17.0 Å². The van der Waals surface area contributed by atoms with Crippen molar-refractivity contribution in [3.05, 3.63) is 53.7 Å². The molecule has 0 aliphatic carbocycles. The van der Waals surface area contributed by atoms with Crippen LogP contribution >= 0.6 is 11.3 Å². The van der Waals surface area contributed by atoms with Crippen LogP contribution in [-0.4, -0.2) is 27.6 Å². The Morgan fingerprint density at radius 3 is 2.87 bits per heavy atom. The molecule has 114 valence electrons. The molecule has 0 saturated carbocycles. The highest BCUT2D eigenvalue weighted by Crippen LogP contribution is 2.38. The normalized spacial score (nSPS) is 11.2. The Hall–Kier alpha value is -2.86. The topological polar surface area (TPSA) is 63.8 Å². The predicted octanol–water partition coefficient (Wildman–Crippen LogP) is 3.92. The molecule has 4 aromatic rings. The van der Waals surface area contributed by atoms with Crippen LogP contribution < -0.4 is 4.74 Å². The molecule has 23 heavy (non-hydrogen) atoms. The zero-order chi connectivity index (χ0) is 16.0. The Morgan fingerprint density at radius 1 is 1.26 bits per heavy atom. The fourth-order valence-corrected chi connectivity index (χ4v) is 3.62. The Kier molecular flexibility index (Phi) is 3.06. The maximum Gasteiger partial charge on any atom is 0.356 e. The average molecular weight is 324 g/mol. The SMILES string of the molecule is COc1ccc2ccccc2c1-c1csc2nc(C(=O)O)cn12. The lowest BCUT2D eigenvalue weighted by molar-refractivity contribution is 0.0691. The van der Waals surface area contributed by atoms with Crippen molar-refractivity contribution in [2.24, 2.45) is 0 Å². The highest BCUT2D eigenvalue weighted by Gasteiger charge is 2.18. The first-order chi connectivity index (χ1) is 11.2. The zero-order valence-corrected chi connectivity index (χ0v) is 13.0. The minimum atomic E-state index is -1.03. The van der Waals surface area contributed by atoms with E-state index in [9.17, 15) is 4.79 Å². The molecule has 0 saturated heterocycles. The minimum absolute atomic E-state index is 0.0392. The van der Waals surface area contributed by atoms with Crippen LogP contribution in [-0.2, 0) is 0 Å². The van der Waals surface area contributed by atoms with Gasteiger partial charge in [0.1, 0.15) is 5.75 Å². The molecule has 0 spiro atoms. The number of nitrogens with zero attached hydrogens (tertiary/aromatic N) is 2. The van der Waals surface area contributed by atoms with Gasteiger partial charge >= 0.3 is 5.97 Å². The fourth-order valence-electron chi connectivity index (χ4n) is 2.75. The highest BCUT2D eigenvalue weighted by molar-refractivity contribution is 7.15. The van der Waals surface area contributed by atoms with Gasteiger partial charge < -0.3 is 9.84 Å². The first kappa shape index (κ1) is 13.8. The van der Waals surface area contributed by atoms with E-state index in [0.29, 0.717) is 4.96 Å². The molecule has 0 aliphatic rings. The lowest BCUT2D eigenvalue weighted by Gasteiger charge is -2.11. The number of benzene rings is 2. The van der Waals surface area contributed by atoms with Crippen molar-refractivity contribution in [2.45, 2.75) is 0 Å². The third-order valence-electron chi connectivity index (χ3n) is 3.80. The summed E-state index contributed by atoms with van der Waals surface area (Å²) >= 11 is 1.41. The standard InChI is InChI=1S/C17H12N2O3S/c1-22-14-7-6-10-4-2-3-5-11(10)15(14)13-9-23-17-18-12(16(20)21)8-19(13)17/h2-9H,1H3,(H,20,21). The summed E-state index contributed by atoms with van der Waals surface area (Å²) in [5.41, 5.74) is 1.85. The van der Waals surface area contributed by atoms with Crippen LogP contribution in [0.3, 0.4) is 0 Å². The smallest absolute Gasteiger partial charge is 0.356 e. The van der Waals surface area contributed by atoms with Crippen molar-refractivity contribution in [1.82, 2.24) is 9.38 Å². The number of carboxylic acid groups (broad SMARTS) is 1. The summed E-state index contributed by atoms with van der Waals surface area (Å²) < 4.78 is 7.34. The Labute approximate surface area is 135 Å². The molecule has 0 fully saturated rings. The number of aromatic nitrogens is 2. The average Bonchev–Trinajstić information content (AvgIpc) is 3.14. The molecule has 0 radical (unpaired) electrons. The zero-order valence-electron chi connectivity index (χ0n) is 12.2. The quantitative estimate of drug-likeness (QED) is 0.620. The number of methoxy groups -OCH3 is 1. The van der Waals surface area contributed by atoms with Crippen molar-refractivity contribution in [2.75, 3.05) is 7.11 Å². The van der Waals surface area contributed by atoms with E-state index in [1.54, 1.807) is 17.7 Å². The van der Waals surface area contributed by atoms with Crippen LogP contribution in [0.1, 0.15) is 10.5 Å². The van der Waals surface area contributed by atoms with Crippen LogP contribution in [0.25, 0.3) is 27.0 Å². The van der Waals surface area contributed by atoms with Gasteiger partial charge in [0.15, 0.2) is 10.7 Å². The summed E-state index contributed by atoms with van der Waals surface area (Å²) in [6, 6.07) is 12.0. The summed E-state index contributed by atoms with van der Waals surface area (Å²) in [5, 5.41) is 13.3. The molecule has 2 aromatic heterocycles. The van der Waals surface area contributed by atoms with E-state index in [2.05, 4.69) is 4.98 Å². The van der Waals surface area contributed by atoms with E-state index in [1.807, 2.05) is 41.8 Å². The van der Waals surface area contributed by atoms with Gasteiger partial charge in [0.05, 0.1) is 12.8 Å². The first-order valence-corrected chi connectivity index (χ1v) is 7.83. The second-order valence-electron chi connectivity index (χ2n) is 5.07. The van der Waals surface area contributed by atoms with Gasteiger partial charge in [-0.3, -0.25) is 4.40 Å². The van der Waals surface area contributed by atoms with Gasteiger partial charge in [-0.05, 0) is 16.8 Å². The van der Waals surface area contributed by atoms with Crippen molar-refractivity contribution in [1.29, 1.82) is 0 Å². The number of carboxylic acids is 1. The summed E-state index contributed by atoms with van der Waals surface area (Å²) in [7, 11) is 1.63. The number of rotatable bonds is 3. The van der Waals surface area contributed by atoms with E-state index in [0.717, 1.165) is 27.8 Å². The van der Waals surface area contributed by atoms with Gasteiger partial charge in [-0.1, -0.05) is 30.3 Å². The monoisotopic (exact) mass is 324 g/mol. The molecule has 0 aliphatic heterocycles. The number of aromatic carboxylic acids is 1. The van der Waals surface area contributed by atoms with E-state index < -0.39 is 5.97 Å². The Balaban J connectivity index is 2.07. The van der Waals surface area contributed by atoms with E-state index in [4.69, 9.17) is 9.84 Å². The summed E-state index contributed by atoms with van der Waals surface area (Å²) in [6.07, 6.45) is 1.55. The molecule has 6 heteroatoms. The molecular weight excluding hydrogens is 312 g/mol. The molecule has 0 unspecified atom stereocenters. The number of fused-ring (bicyclic) bond motifs is 2. The van der Waals surface area contributed by atoms with Crippen molar-refractivity contribution in [3.63, 3.8) is 0 Å². The van der Waals surface area contributed by atoms with Crippen LogP contribution in [0.5, 0.6) is 5.75 Å². The van der Waals surface area contributed by atoms with E-state index >= 15 is 0 Å². The maximum atomic E-state index is 11.2. The van der Waals surface area contributed by atoms with Gasteiger partial charge in [-0.25, -0.2) is 9.78 Å². The van der Waals surface area contributed by atoms with E-state index in [-0.39, 0.29) is 5.69 Å². The van der Waals surface area contributed by atoms with Gasteiger partial charge in [0.2, 0.25) is 0 Å². The van der Waals surface area contributed by atoms with E-state index in [1.165, 1.54) is 11.3 Å².